The second kappa shape index (κ2) is 7.88. The van der Waals surface area contributed by atoms with Crippen molar-refractivity contribution < 1.29 is 0 Å². The van der Waals surface area contributed by atoms with Crippen molar-refractivity contribution in [2.75, 3.05) is 36.0 Å². The smallest absolute Gasteiger partial charge is 0.352 e. The average Bonchev–Trinajstić information content (AvgIpc) is 3.12. The number of halogens is 2. The summed E-state index contributed by atoms with van der Waals surface area (Å²) in [5.41, 5.74) is 0.670. The van der Waals surface area contributed by atoms with E-state index in [9.17, 15) is 4.79 Å². The van der Waals surface area contributed by atoms with Gasteiger partial charge in [-0.25, -0.2) is 9.78 Å². The van der Waals surface area contributed by atoms with Crippen LogP contribution in [0.4, 0.5) is 10.9 Å². The van der Waals surface area contributed by atoms with Crippen molar-refractivity contribution in [3.05, 3.63) is 68.1 Å². The van der Waals surface area contributed by atoms with E-state index >= 15 is 0 Å². The highest BCUT2D eigenvalue weighted by Gasteiger charge is 2.20. The molecule has 9 heteroatoms. The number of hydrogen-bond donors (Lipinski definition) is 0. The number of thiophene rings is 1. The molecule has 6 nitrogen and oxygen atoms in total. The summed E-state index contributed by atoms with van der Waals surface area (Å²) in [5.74, 6) is 0.483. The Kier molecular flexibility index (Phi) is 5.33. The third kappa shape index (κ3) is 4.26. The van der Waals surface area contributed by atoms with Crippen molar-refractivity contribution in [3.63, 3.8) is 0 Å². The van der Waals surface area contributed by atoms with Gasteiger partial charge in [0.15, 0.2) is 0 Å². The van der Waals surface area contributed by atoms with E-state index in [2.05, 4.69) is 14.9 Å². The molecule has 0 spiro atoms. The van der Waals surface area contributed by atoms with Crippen molar-refractivity contribution in [2.45, 2.75) is 6.54 Å². The first-order valence-electron chi connectivity index (χ1n) is 8.52. The van der Waals surface area contributed by atoms with E-state index in [1.54, 1.807) is 29.8 Å². The highest BCUT2D eigenvalue weighted by Crippen LogP contribution is 2.30. The zero-order valence-corrected chi connectivity index (χ0v) is 16.7. The molecule has 0 atom stereocenters. The van der Waals surface area contributed by atoms with Gasteiger partial charge in [-0.1, -0.05) is 35.3 Å². The number of anilines is 2. The first-order chi connectivity index (χ1) is 13.1. The van der Waals surface area contributed by atoms with Gasteiger partial charge in [0.2, 0.25) is 5.95 Å². The van der Waals surface area contributed by atoms with Crippen molar-refractivity contribution in [2.24, 2.45) is 0 Å². The van der Waals surface area contributed by atoms with Crippen LogP contribution in [-0.2, 0) is 6.54 Å². The van der Waals surface area contributed by atoms with Gasteiger partial charge in [-0.15, -0.1) is 11.3 Å². The van der Waals surface area contributed by atoms with Gasteiger partial charge < -0.3 is 9.80 Å². The maximum absolute atomic E-state index is 12.4. The van der Waals surface area contributed by atoms with E-state index in [4.69, 9.17) is 23.2 Å². The zero-order chi connectivity index (χ0) is 18.8. The molecule has 0 unspecified atom stereocenters. The summed E-state index contributed by atoms with van der Waals surface area (Å²) in [6, 6.07) is 11.3. The van der Waals surface area contributed by atoms with E-state index in [0.29, 0.717) is 17.5 Å². The molecule has 1 aliphatic rings. The van der Waals surface area contributed by atoms with Crippen LogP contribution < -0.4 is 15.5 Å². The maximum atomic E-state index is 12.4. The van der Waals surface area contributed by atoms with Gasteiger partial charge in [0.05, 0.1) is 15.9 Å². The van der Waals surface area contributed by atoms with E-state index in [0.717, 1.165) is 36.1 Å². The van der Waals surface area contributed by atoms with E-state index in [1.165, 1.54) is 9.57 Å². The van der Waals surface area contributed by atoms with Crippen LogP contribution in [0.15, 0.2) is 47.5 Å². The fraction of sp³-hybridized carbons (Fsp3) is 0.278. The minimum Gasteiger partial charge on any atom is -0.360 e. The molecule has 1 aliphatic heterocycles. The number of aromatic nitrogens is 3. The second-order valence-electron chi connectivity index (χ2n) is 6.25. The lowest BCUT2D eigenvalue weighted by molar-refractivity contribution is 0.625. The number of piperazine rings is 1. The Morgan fingerprint density at radius 1 is 0.963 bits per heavy atom. The zero-order valence-electron chi connectivity index (χ0n) is 14.4. The summed E-state index contributed by atoms with van der Waals surface area (Å²) >= 11 is 13.5. The van der Waals surface area contributed by atoms with Crippen molar-refractivity contribution in [3.8, 4) is 0 Å². The normalized spacial score (nSPS) is 14.6. The molecule has 1 saturated heterocycles. The largest absolute Gasteiger partial charge is 0.360 e. The Labute approximate surface area is 170 Å². The highest BCUT2D eigenvalue weighted by molar-refractivity contribution is 7.19. The first kappa shape index (κ1) is 18.3. The molecular weight excluding hydrogens is 405 g/mol. The standard InChI is InChI=1S/C18H17Cl2N5OS/c19-14-3-1-13(2-4-14)11-25-12-21-17(22-18(25)26)24-9-7-23(8-10-24)16-6-5-15(20)27-16/h1-6,12H,7-11H2. The minimum absolute atomic E-state index is 0.303. The predicted octanol–water partition coefficient (Wildman–Crippen LogP) is 3.38. The quantitative estimate of drug-likeness (QED) is 0.645. The molecule has 140 valence electrons. The van der Waals surface area contributed by atoms with E-state index in [-0.39, 0.29) is 5.69 Å². The highest BCUT2D eigenvalue weighted by atomic mass is 35.5. The molecule has 4 rings (SSSR count). The Hall–Kier alpha value is -2.09. The molecule has 0 saturated carbocycles. The Balaban J connectivity index is 1.42. The van der Waals surface area contributed by atoms with Gasteiger partial charge in [-0.05, 0) is 29.8 Å². The molecule has 0 N–H and O–H groups in total. The monoisotopic (exact) mass is 421 g/mol. The number of benzene rings is 1. The van der Waals surface area contributed by atoms with Crippen LogP contribution in [0.25, 0.3) is 0 Å². The van der Waals surface area contributed by atoms with Gasteiger partial charge in [-0.2, -0.15) is 4.98 Å². The molecule has 1 aromatic carbocycles. The first-order valence-corrected chi connectivity index (χ1v) is 10.1. The topological polar surface area (TPSA) is 54.3 Å². The molecule has 0 bridgehead atoms. The lowest BCUT2D eigenvalue weighted by Crippen LogP contribution is -2.47. The summed E-state index contributed by atoms with van der Waals surface area (Å²) in [4.78, 5) is 25.3. The van der Waals surface area contributed by atoms with Crippen LogP contribution in [-0.4, -0.2) is 40.7 Å². The lowest BCUT2D eigenvalue weighted by atomic mass is 10.2. The summed E-state index contributed by atoms with van der Waals surface area (Å²) < 4.78 is 2.29. The molecule has 0 aliphatic carbocycles. The molecule has 2 aromatic heterocycles. The van der Waals surface area contributed by atoms with Crippen LogP contribution >= 0.6 is 34.5 Å². The number of rotatable bonds is 4. The molecule has 3 aromatic rings. The van der Waals surface area contributed by atoms with Crippen molar-refractivity contribution in [1.82, 2.24) is 14.5 Å². The third-order valence-electron chi connectivity index (χ3n) is 4.45. The van der Waals surface area contributed by atoms with Crippen LogP contribution in [0.2, 0.25) is 9.36 Å². The molecule has 27 heavy (non-hydrogen) atoms. The van der Waals surface area contributed by atoms with E-state index in [1.807, 2.05) is 29.2 Å². The van der Waals surface area contributed by atoms with Gasteiger partial charge in [0, 0.05) is 31.2 Å². The molecular formula is C18H17Cl2N5OS. The SMILES string of the molecule is O=c1nc(N2CCN(c3ccc(Cl)s3)CC2)ncn1Cc1ccc(Cl)cc1. The summed E-state index contributed by atoms with van der Waals surface area (Å²) in [5, 5.41) is 1.83. The number of hydrogen-bond acceptors (Lipinski definition) is 6. The summed E-state index contributed by atoms with van der Waals surface area (Å²) in [6.45, 7) is 3.62. The maximum Gasteiger partial charge on any atom is 0.352 e. The second-order valence-corrected chi connectivity index (χ2v) is 8.38. The fourth-order valence-corrected chi connectivity index (χ4v) is 4.21. The Bertz CT molecular complexity index is 980. The molecule has 0 radical (unpaired) electrons. The van der Waals surface area contributed by atoms with Crippen LogP contribution in [0.3, 0.4) is 0 Å². The summed E-state index contributed by atoms with van der Waals surface area (Å²) in [6.07, 6.45) is 1.56. The minimum atomic E-state index is -0.303. The fourth-order valence-electron chi connectivity index (χ4n) is 3.00. The summed E-state index contributed by atoms with van der Waals surface area (Å²) in [7, 11) is 0. The van der Waals surface area contributed by atoms with Crippen LogP contribution in [0.1, 0.15) is 5.56 Å². The van der Waals surface area contributed by atoms with Crippen molar-refractivity contribution >= 4 is 45.5 Å². The Morgan fingerprint density at radius 3 is 2.30 bits per heavy atom. The van der Waals surface area contributed by atoms with E-state index < -0.39 is 0 Å². The predicted molar refractivity (Wildman–Crippen MR) is 111 cm³/mol. The van der Waals surface area contributed by atoms with Crippen LogP contribution in [0.5, 0.6) is 0 Å². The Morgan fingerprint density at radius 2 is 1.67 bits per heavy atom. The molecule has 1 fully saturated rings. The van der Waals surface area contributed by atoms with Gasteiger partial charge in [0.1, 0.15) is 6.33 Å². The third-order valence-corrected chi connectivity index (χ3v) is 6.00. The van der Waals surface area contributed by atoms with Crippen LogP contribution in [0, 0.1) is 0 Å². The van der Waals surface area contributed by atoms with Gasteiger partial charge in [-0.3, -0.25) is 4.57 Å². The average molecular weight is 422 g/mol. The van der Waals surface area contributed by atoms with Gasteiger partial charge in [0.25, 0.3) is 0 Å². The number of nitrogens with zero attached hydrogens (tertiary/aromatic N) is 5. The molecule has 0 amide bonds. The van der Waals surface area contributed by atoms with Gasteiger partial charge >= 0.3 is 5.69 Å². The van der Waals surface area contributed by atoms with Crippen molar-refractivity contribution in [1.29, 1.82) is 0 Å². The lowest BCUT2D eigenvalue weighted by Gasteiger charge is -2.35. The molecule has 3 heterocycles.